The molecule has 1 aromatic carbocycles. The van der Waals surface area contributed by atoms with Gasteiger partial charge in [0.25, 0.3) is 0 Å². The fraction of sp³-hybridized carbons (Fsp3) is 0.471. The summed E-state index contributed by atoms with van der Waals surface area (Å²) in [5.74, 6) is -0.110. The predicted octanol–water partition coefficient (Wildman–Crippen LogP) is 2.79. The lowest BCUT2D eigenvalue weighted by atomic mass is 9.72. The highest BCUT2D eigenvalue weighted by atomic mass is 16.4. The van der Waals surface area contributed by atoms with Crippen molar-refractivity contribution < 1.29 is 9.90 Å². The first kappa shape index (κ1) is 13.4. The van der Waals surface area contributed by atoms with E-state index >= 15 is 0 Å². The highest BCUT2D eigenvalue weighted by Crippen LogP contribution is 2.36. The molecule has 0 saturated carbocycles. The van der Waals surface area contributed by atoms with Crippen molar-refractivity contribution in [2.75, 3.05) is 13.1 Å². The largest absolute Gasteiger partial charge is 0.481 e. The molecule has 3 nitrogen and oxygen atoms in total. The monoisotopic (exact) mass is 271 g/mol. The maximum atomic E-state index is 11.4. The number of likely N-dealkylation sites (tertiary alicyclic amines) is 1. The summed E-state index contributed by atoms with van der Waals surface area (Å²) in [6.45, 7) is 2.90. The number of carbonyl (C=O) groups is 1. The van der Waals surface area contributed by atoms with Gasteiger partial charge in [0.05, 0.1) is 5.92 Å². The van der Waals surface area contributed by atoms with Gasteiger partial charge in [-0.05, 0) is 36.8 Å². The second-order valence-corrected chi connectivity index (χ2v) is 5.95. The number of hydrogen-bond acceptors (Lipinski definition) is 2. The molecule has 1 aliphatic carbocycles. The SMILES string of the molecule is O=C(O)C1CC=CC2CCN(Cc3ccccc3)CC21. The minimum Gasteiger partial charge on any atom is -0.481 e. The first-order valence-electron chi connectivity index (χ1n) is 7.40. The van der Waals surface area contributed by atoms with Crippen molar-refractivity contribution in [1.29, 1.82) is 0 Å². The lowest BCUT2D eigenvalue weighted by Crippen LogP contribution is -2.45. The summed E-state index contributed by atoms with van der Waals surface area (Å²) in [5, 5.41) is 9.40. The molecule has 1 aromatic rings. The number of aliphatic carboxylic acids is 1. The third-order valence-electron chi connectivity index (χ3n) is 4.65. The lowest BCUT2D eigenvalue weighted by molar-refractivity contribution is -0.145. The van der Waals surface area contributed by atoms with E-state index in [0.717, 1.165) is 26.1 Å². The Balaban J connectivity index is 1.69. The Hall–Kier alpha value is -1.61. The molecule has 1 heterocycles. The number of nitrogens with zero attached hydrogens (tertiary/aromatic N) is 1. The average molecular weight is 271 g/mol. The van der Waals surface area contributed by atoms with E-state index in [9.17, 15) is 9.90 Å². The Bertz CT molecular complexity index is 497. The minimum absolute atomic E-state index is 0.205. The van der Waals surface area contributed by atoms with Gasteiger partial charge in [-0.1, -0.05) is 42.5 Å². The van der Waals surface area contributed by atoms with Gasteiger partial charge in [0.15, 0.2) is 0 Å². The Kier molecular flexibility index (Phi) is 3.88. The highest BCUT2D eigenvalue weighted by Gasteiger charge is 2.38. The minimum atomic E-state index is -0.633. The molecule has 3 rings (SSSR count). The molecule has 106 valence electrons. The second-order valence-electron chi connectivity index (χ2n) is 5.95. The summed E-state index contributed by atoms with van der Waals surface area (Å²) in [4.78, 5) is 13.8. The van der Waals surface area contributed by atoms with Crippen LogP contribution in [-0.2, 0) is 11.3 Å². The van der Waals surface area contributed by atoms with Crippen molar-refractivity contribution in [2.24, 2.45) is 17.8 Å². The van der Waals surface area contributed by atoms with Gasteiger partial charge < -0.3 is 5.11 Å². The number of piperidine rings is 1. The zero-order valence-corrected chi connectivity index (χ0v) is 11.6. The van der Waals surface area contributed by atoms with E-state index in [-0.39, 0.29) is 11.8 Å². The van der Waals surface area contributed by atoms with Crippen LogP contribution in [0.4, 0.5) is 0 Å². The summed E-state index contributed by atoms with van der Waals surface area (Å²) in [6.07, 6.45) is 6.07. The van der Waals surface area contributed by atoms with E-state index in [1.807, 2.05) is 6.07 Å². The van der Waals surface area contributed by atoms with Crippen molar-refractivity contribution in [3.8, 4) is 0 Å². The maximum Gasteiger partial charge on any atom is 0.307 e. The van der Waals surface area contributed by atoms with E-state index in [0.29, 0.717) is 12.3 Å². The number of carboxylic acid groups (broad SMARTS) is 1. The van der Waals surface area contributed by atoms with Gasteiger partial charge in [-0.25, -0.2) is 0 Å². The topological polar surface area (TPSA) is 40.5 Å². The van der Waals surface area contributed by atoms with Gasteiger partial charge in [0, 0.05) is 13.1 Å². The fourth-order valence-electron chi connectivity index (χ4n) is 3.58. The molecule has 0 radical (unpaired) electrons. The van der Waals surface area contributed by atoms with Crippen LogP contribution in [0.5, 0.6) is 0 Å². The molecule has 1 saturated heterocycles. The number of fused-ring (bicyclic) bond motifs is 1. The van der Waals surface area contributed by atoms with Gasteiger partial charge in [-0.15, -0.1) is 0 Å². The van der Waals surface area contributed by atoms with Gasteiger partial charge in [-0.3, -0.25) is 9.69 Å². The van der Waals surface area contributed by atoms with Crippen LogP contribution >= 0.6 is 0 Å². The standard InChI is InChI=1S/C17H21NO2/c19-17(20)15-8-4-7-14-9-10-18(12-16(14)15)11-13-5-2-1-3-6-13/h1-7,14-16H,8-12H2,(H,19,20). The zero-order chi connectivity index (χ0) is 13.9. The van der Waals surface area contributed by atoms with Crippen LogP contribution < -0.4 is 0 Å². The molecular weight excluding hydrogens is 250 g/mol. The van der Waals surface area contributed by atoms with Crippen LogP contribution in [0.3, 0.4) is 0 Å². The maximum absolute atomic E-state index is 11.4. The third-order valence-corrected chi connectivity index (χ3v) is 4.65. The number of benzene rings is 1. The van der Waals surface area contributed by atoms with Crippen molar-refractivity contribution in [3.63, 3.8) is 0 Å². The van der Waals surface area contributed by atoms with Gasteiger partial charge in [0.1, 0.15) is 0 Å². The van der Waals surface area contributed by atoms with Crippen molar-refractivity contribution >= 4 is 5.97 Å². The summed E-state index contributed by atoms with van der Waals surface area (Å²) >= 11 is 0. The van der Waals surface area contributed by atoms with Crippen LogP contribution in [0.1, 0.15) is 18.4 Å². The molecule has 1 aliphatic heterocycles. The first-order valence-corrected chi connectivity index (χ1v) is 7.40. The molecule has 0 spiro atoms. The van der Waals surface area contributed by atoms with E-state index in [2.05, 4.69) is 41.3 Å². The molecule has 1 N–H and O–H groups in total. The molecule has 1 fully saturated rings. The van der Waals surface area contributed by atoms with Crippen LogP contribution in [0.2, 0.25) is 0 Å². The molecule has 2 aliphatic rings. The van der Waals surface area contributed by atoms with Gasteiger partial charge in [-0.2, -0.15) is 0 Å². The zero-order valence-electron chi connectivity index (χ0n) is 11.6. The first-order chi connectivity index (χ1) is 9.74. The van der Waals surface area contributed by atoms with E-state index in [1.165, 1.54) is 5.56 Å². The summed E-state index contributed by atoms with van der Waals surface area (Å²) < 4.78 is 0. The van der Waals surface area contributed by atoms with Gasteiger partial charge >= 0.3 is 5.97 Å². The smallest absolute Gasteiger partial charge is 0.307 e. The molecule has 0 amide bonds. The molecule has 0 bridgehead atoms. The predicted molar refractivity (Wildman–Crippen MR) is 78.2 cm³/mol. The molecule has 3 heteroatoms. The Morgan fingerprint density at radius 1 is 1.30 bits per heavy atom. The van der Waals surface area contributed by atoms with Gasteiger partial charge in [0.2, 0.25) is 0 Å². The molecule has 3 atom stereocenters. The molecule has 3 unspecified atom stereocenters. The normalized spacial score (nSPS) is 29.9. The Morgan fingerprint density at radius 3 is 2.85 bits per heavy atom. The number of allylic oxidation sites excluding steroid dienone is 2. The molecular formula is C17H21NO2. The van der Waals surface area contributed by atoms with Crippen molar-refractivity contribution in [3.05, 3.63) is 48.0 Å². The van der Waals surface area contributed by atoms with Crippen LogP contribution in [0.15, 0.2) is 42.5 Å². The van der Waals surface area contributed by atoms with Crippen molar-refractivity contribution in [2.45, 2.75) is 19.4 Å². The van der Waals surface area contributed by atoms with Crippen molar-refractivity contribution in [1.82, 2.24) is 4.90 Å². The third kappa shape index (κ3) is 2.78. The van der Waals surface area contributed by atoms with Crippen LogP contribution in [0, 0.1) is 17.8 Å². The highest BCUT2D eigenvalue weighted by molar-refractivity contribution is 5.71. The van der Waals surface area contributed by atoms with Crippen LogP contribution in [-0.4, -0.2) is 29.1 Å². The molecule has 20 heavy (non-hydrogen) atoms. The van der Waals surface area contributed by atoms with E-state index < -0.39 is 5.97 Å². The molecule has 0 aromatic heterocycles. The number of carboxylic acids is 1. The second kappa shape index (κ2) is 5.80. The summed E-state index contributed by atoms with van der Waals surface area (Å²) in [5.41, 5.74) is 1.31. The number of hydrogen-bond donors (Lipinski definition) is 1. The fourth-order valence-corrected chi connectivity index (χ4v) is 3.58. The summed E-state index contributed by atoms with van der Waals surface area (Å²) in [6, 6.07) is 10.4. The van der Waals surface area contributed by atoms with E-state index in [1.54, 1.807) is 0 Å². The quantitative estimate of drug-likeness (QED) is 0.859. The Labute approximate surface area is 119 Å². The van der Waals surface area contributed by atoms with E-state index in [4.69, 9.17) is 0 Å². The summed E-state index contributed by atoms with van der Waals surface area (Å²) in [7, 11) is 0. The Morgan fingerprint density at radius 2 is 2.10 bits per heavy atom. The number of rotatable bonds is 3. The average Bonchev–Trinajstić information content (AvgIpc) is 2.47. The van der Waals surface area contributed by atoms with Crippen LogP contribution in [0.25, 0.3) is 0 Å². The lowest BCUT2D eigenvalue weighted by Gasteiger charge is -2.41.